The molecule has 2 aromatic carbocycles. The van der Waals surface area contributed by atoms with E-state index in [4.69, 9.17) is 16.7 Å². The molecule has 0 saturated carbocycles. The van der Waals surface area contributed by atoms with Crippen LogP contribution in [0.25, 0.3) is 0 Å². The van der Waals surface area contributed by atoms with Gasteiger partial charge in [-0.05, 0) is 92.3 Å². The highest BCUT2D eigenvalue weighted by molar-refractivity contribution is 7.91. The lowest BCUT2D eigenvalue weighted by Crippen LogP contribution is -2.21. The zero-order chi connectivity index (χ0) is 22.6. The van der Waals surface area contributed by atoms with Crippen molar-refractivity contribution >= 4 is 33.2 Å². The van der Waals surface area contributed by atoms with E-state index in [2.05, 4.69) is 9.68 Å². The van der Waals surface area contributed by atoms with Crippen LogP contribution in [0.15, 0.2) is 27.5 Å². The molecule has 0 spiro atoms. The molecular formula is C22H25ClFN3O3S. The van der Waals surface area contributed by atoms with Gasteiger partial charge < -0.3 is 10.4 Å². The summed E-state index contributed by atoms with van der Waals surface area (Å²) in [6, 6.07) is 2.77. The summed E-state index contributed by atoms with van der Waals surface area (Å²) in [5, 5.41) is 19.4. The molecule has 4 rings (SSSR count). The summed E-state index contributed by atoms with van der Waals surface area (Å²) in [7, 11) is -3.83. The van der Waals surface area contributed by atoms with Gasteiger partial charge in [0.15, 0.2) is 0 Å². The number of carbonyl (C=O) groups excluding carboxylic acids is 1. The average molecular weight is 466 g/mol. The minimum absolute atomic E-state index is 0.292. The standard InChI is InChI=1S/C22H25ClFN3O3S/c1-22(2,29)12-9-10-18(17(24)11-12)31(25,30)27-21(28)26-20-15-7-3-5-13(15)19(23)14-6-4-8-16(14)20/h9-11,29H,3-8H2,1-2H3,(H3,25,26,27,28,30)/t31-/m1/s1. The van der Waals surface area contributed by atoms with Crippen molar-refractivity contribution < 1.29 is 18.5 Å². The molecule has 0 saturated heterocycles. The van der Waals surface area contributed by atoms with Crippen LogP contribution < -0.4 is 10.5 Å². The van der Waals surface area contributed by atoms with Gasteiger partial charge in [0.05, 0.1) is 10.5 Å². The van der Waals surface area contributed by atoms with Gasteiger partial charge in [-0.1, -0.05) is 17.7 Å². The molecule has 9 heteroatoms. The topological polar surface area (TPSA) is 105 Å². The second kappa shape index (κ2) is 7.85. The van der Waals surface area contributed by atoms with Crippen molar-refractivity contribution in [2.45, 2.75) is 62.9 Å². The smallest absolute Gasteiger partial charge is 0.354 e. The normalized spacial score (nSPS) is 17.1. The second-order valence-corrected chi connectivity index (χ2v) is 10.7. The zero-order valence-corrected chi connectivity index (χ0v) is 19.0. The second-order valence-electron chi connectivity index (χ2n) is 8.60. The Morgan fingerprint density at radius 2 is 1.71 bits per heavy atom. The predicted molar refractivity (Wildman–Crippen MR) is 119 cm³/mol. The summed E-state index contributed by atoms with van der Waals surface area (Å²) in [6.07, 6.45) is 5.20. The van der Waals surface area contributed by atoms with Crippen LogP contribution in [0.5, 0.6) is 0 Å². The fourth-order valence-electron chi connectivity index (χ4n) is 4.46. The van der Waals surface area contributed by atoms with Gasteiger partial charge in [0.1, 0.15) is 15.7 Å². The number of aliphatic hydroxyl groups is 1. The van der Waals surface area contributed by atoms with Gasteiger partial charge in [0.2, 0.25) is 0 Å². The quantitative estimate of drug-likeness (QED) is 0.616. The summed E-state index contributed by atoms with van der Waals surface area (Å²) in [5.74, 6) is -0.892. The first-order valence-electron chi connectivity index (χ1n) is 10.2. The van der Waals surface area contributed by atoms with E-state index >= 15 is 0 Å². The maximum absolute atomic E-state index is 14.6. The largest absolute Gasteiger partial charge is 0.386 e. The third-order valence-electron chi connectivity index (χ3n) is 5.97. The number of anilines is 1. The number of hydrogen-bond donors (Lipinski definition) is 3. The van der Waals surface area contributed by atoms with Crippen LogP contribution in [0, 0.1) is 5.82 Å². The van der Waals surface area contributed by atoms with E-state index in [1.54, 1.807) is 0 Å². The van der Waals surface area contributed by atoms with Gasteiger partial charge in [-0.25, -0.2) is 18.5 Å². The SMILES string of the molecule is CC(C)(O)c1ccc([S@](N)(=O)=NC(=O)Nc2c3c(c(Cl)c4c2CCC4)CCC3)c(F)c1. The Hall–Kier alpha value is -2.00. The molecule has 6 nitrogen and oxygen atoms in total. The molecule has 31 heavy (non-hydrogen) atoms. The lowest BCUT2D eigenvalue weighted by atomic mass is 9.98. The molecule has 1 atom stereocenters. The van der Waals surface area contributed by atoms with Gasteiger partial charge in [-0.2, -0.15) is 0 Å². The molecule has 0 aromatic heterocycles. The Labute approximate surface area is 186 Å². The number of rotatable bonds is 3. The van der Waals surface area contributed by atoms with E-state index in [1.165, 1.54) is 26.0 Å². The molecule has 0 fully saturated rings. The molecule has 2 aliphatic rings. The number of nitrogens with two attached hydrogens (primary N) is 1. The van der Waals surface area contributed by atoms with Crippen LogP contribution in [-0.4, -0.2) is 15.3 Å². The number of urea groups is 1. The lowest BCUT2D eigenvalue weighted by molar-refractivity contribution is 0.0781. The Bertz CT molecular complexity index is 1180. The van der Waals surface area contributed by atoms with E-state index in [-0.39, 0.29) is 4.90 Å². The summed E-state index contributed by atoms with van der Waals surface area (Å²) in [4.78, 5) is 12.3. The van der Waals surface area contributed by atoms with Crippen LogP contribution in [-0.2, 0) is 41.2 Å². The maximum Gasteiger partial charge on any atom is 0.354 e. The number of carbonyl (C=O) groups is 1. The highest BCUT2D eigenvalue weighted by Crippen LogP contribution is 2.44. The third-order valence-corrected chi connectivity index (χ3v) is 7.83. The predicted octanol–water partition coefficient (Wildman–Crippen LogP) is 4.62. The van der Waals surface area contributed by atoms with E-state index in [0.29, 0.717) is 11.3 Å². The first kappa shape index (κ1) is 22.2. The number of benzene rings is 2. The molecule has 0 radical (unpaired) electrons. The van der Waals surface area contributed by atoms with Gasteiger partial charge in [-0.15, -0.1) is 4.36 Å². The summed E-state index contributed by atoms with van der Waals surface area (Å²) in [5.41, 5.74) is 3.81. The van der Waals surface area contributed by atoms with Crippen LogP contribution in [0.3, 0.4) is 0 Å². The fourth-order valence-corrected chi connectivity index (χ4v) is 5.87. The number of amides is 2. The van der Waals surface area contributed by atoms with Crippen LogP contribution in [0.4, 0.5) is 14.9 Å². The van der Waals surface area contributed by atoms with Crippen molar-refractivity contribution in [3.05, 3.63) is 56.9 Å². The number of halogens is 2. The highest BCUT2D eigenvalue weighted by atomic mass is 35.5. The van der Waals surface area contributed by atoms with Crippen LogP contribution >= 0.6 is 11.6 Å². The lowest BCUT2D eigenvalue weighted by Gasteiger charge is -2.19. The molecule has 0 bridgehead atoms. The summed E-state index contributed by atoms with van der Waals surface area (Å²) in [6.45, 7) is 3.00. The number of nitrogens with one attached hydrogen (secondary N) is 1. The van der Waals surface area contributed by atoms with E-state index in [0.717, 1.165) is 71.9 Å². The van der Waals surface area contributed by atoms with Gasteiger partial charge in [0, 0.05) is 10.7 Å². The molecule has 2 amide bonds. The molecule has 2 aliphatic carbocycles. The first-order valence-corrected chi connectivity index (χ1v) is 12.2. The first-order chi connectivity index (χ1) is 14.5. The molecule has 4 N–H and O–H groups in total. The van der Waals surface area contributed by atoms with Crippen molar-refractivity contribution in [3.63, 3.8) is 0 Å². The Morgan fingerprint density at radius 1 is 1.16 bits per heavy atom. The van der Waals surface area contributed by atoms with Crippen molar-refractivity contribution in [1.82, 2.24) is 0 Å². The van der Waals surface area contributed by atoms with Gasteiger partial charge >= 0.3 is 6.03 Å². The molecule has 2 aromatic rings. The Morgan fingerprint density at radius 3 is 2.23 bits per heavy atom. The van der Waals surface area contributed by atoms with E-state index in [1.807, 2.05) is 0 Å². The third kappa shape index (κ3) is 4.09. The molecule has 0 unspecified atom stereocenters. The summed E-state index contributed by atoms with van der Waals surface area (Å²) < 4.78 is 31.1. The van der Waals surface area contributed by atoms with Gasteiger partial charge in [0.25, 0.3) is 0 Å². The van der Waals surface area contributed by atoms with Crippen molar-refractivity contribution in [3.8, 4) is 0 Å². The van der Waals surface area contributed by atoms with E-state index < -0.39 is 27.4 Å². The van der Waals surface area contributed by atoms with Crippen molar-refractivity contribution in [1.29, 1.82) is 0 Å². The Kier molecular flexibility index (Phi) is 5.62. The minimum atomic E-state index is -3.83. The van der Waals surface area contributed by atoms with E-state index in [9.17, 15) is 18.5 Å². The maximum atomic E-state index is 14.6. The van der Waals surface area contributed by atoms with Crippen LogP contribution in [0.2, 0.25) is 5.02 Å². The van der Waals surface area contributed by atoms with Gasteiger partial charge in [-0.3, -0.25) is 0 Å². The Balaban J connectivity index is 1.69. The monoisotopic (exact) mass is 465 g/mol. The number of nitrogens with zero attached hydrogens (tertiary/aromatic N) is 1. The molecule has 0 heterocycles. The zero-order valence-electron chi connectivity index (χ0n) is 17.4. The number of hydrogen-bond acceptors (Lipinski definition) is 3. The fraction of sp³-hybridized carbons (Fsp3) is 0.409. The van der Waals surface area contributed by atoms with Crippen molar-refractivity contribution in [2.24, 2.45) is 9.50 Å². The minimum Gasteiger partial charge on any atom is -0.386 e. The molecular weight excluding hydrogens is 441 g/mol. The highest BCUT2D eigenvalue weighted by Gasteiger charge is 2.29. The number of fused-ring (bicyclic) bond motifs is 2. The summed E-state index contributed by atoms with van der Waals surface area (Å²) >= 11 is 6.60. The van der Waals surface area contributed by atoms with Crippen LogP contribution in [0.1, 0.15) is 54.5 Å². The average Bonchev–Trinajstić information content (AvgIpc) is 3.33. The molecule has 0 aliphatic heterocycles. The van der Waals surface area contributed by atoms with Crippen molar-refractivity contribution in [2.75, 3.05) is 5.32 Å². The molecule has 166 valence electrons.